The lowest BCUT2D eigenvalue weighted by atomic mass is 9.86. The third-order valence-electron chi connectivity index (χ3n) is 2.99. The van der Waals surface area contributed by atoms with Crippen molar-refractivity contribution < 1.29 is 18.0 Å². The van der Waals surface area contributed by atoms with Gasteiger partial charge >= 0.3 is 6.18 Å². The molecule has 3 heterocycles. The number of halogens is 3. The van der Waals surface area contributed by atoms with Crippen molar-refractivity contribution in [3.8, 4) is 0 Å². The molecule has 1 unspecified atom stereocenters. The first-order valence-electron chi connectivity index (χ1n) is 5.04. The summed E-state index contributed by atoms with van der Waals surface area (Å²) in [5.41, 5.74) is 0. The average molecular weight is 222 g/mol. The summed E-state index contributed by atoms with van der Waals surface area (Å²) in [5, 5.41) is 3.01. The van der Waals surface area contributed by atoms with Crippen molar-refractivity contribution in [2.75, 3.05) is 19.6 Å². The Hall–Kier alpha value is -0.780. The van der Waals surface area contributed by atoms with E-state index in [-0.39, 0.29) is 12.3 Å². The predicted molar refractivity (Wildman–Crippen MR) is 48.6 cm³/mol. The van der Waals surface area contributed by atoms with Gasteiger partial charge in [0.05, 0.1) is 0 Å². The van der Waals surface area contributed by atoms with Crippen molar-refractivity contribution in [2.45, 2.75) is 25.1 Å². The molecule has 3 aliphatic rings. The third-order valence-corrected chi connectivity index (χ3v) is 2.99. The van der Waals surface area contributed by atoms with Crippen LogP contribution in [-0.2, 0) is 4.84 Å². The fourth-order valence-corrected chi connectivity index (χ4v) is 2.20. The number of fused-ring (bicyclic) bond motifs is 3. The van der Waals surface area contributed by atoms with E-state index in [4.69, 9.17) is 4.84 Å². The van der Waals surface area contributed by atoms with Gasteiger partial charge in [0.2, 0.25) is 0 Å². The van der Waals surface area contributed by atoms with Crippen molar-refractivity contribution in [2.24, 2.45) is 11.1 Å². The first kappa shape index (κ1) is 10.7. The third kappa shape index (κ3) is 2.84. The van der Waals surface area contributed by atoms with Crippen LogP contribution >= 0.6 is 0 Å². The zero-order valence-electron chi connectivity index (χ0n) is 8.20. The molecule has 0 aliphatic carbocycles. The molecular formula is C9H13F3N2O. The zero-order valence-corrected chi connectivity index (χ0v) is 8.20. The van der Waals surface area contributed by atoms with E-state index in [2.05, 4.69) is 10.1 Å². The van der Waals surface area contributed by atoms with Gasteiger partial charge in [-0.1, -0.05) is 5.16 Å². The van der Waals surface area contributed by atoms with E-state index in [0.29, 0.717) is 12.5 Å². The maximum atomic E-state index is 11.8. The highest BCUT2D eigenvalue weighted by Crippen LogP contribution is 2.29. The Labute approximate surface area is 85.9 Å². The van der Waals surface area contributed by atoms with Crippen LogP contribution < -0.4 is 0 Å². The van der Waals surface area contributed by atoms with E-state index in [1.165, 1.54) is 0 Å². The smallest absolute Gasteiger partial charge is 0.391 e. The normalized spacial score (nSPS) is 36.1. The Morgan fingerprint density at radius 1 is 1.27 bits per heavy atom. The van der Waals surface area contributed by atoms with Gasteiger partial charge in [0.1, 0.15) is 12.3 Å². The maximum absolute atomic E-state index is 11.8. The van der Waals surface area contributed by atoms with Crippen LogP contribution in [-0.4, -0.2) is 43.0 Å². The van der Waals surface area contributed by atoms with Crippen molar-refractivity contribution in [3.05, 3.63) is 0 Å². The Bertz CT molecular complexity index is 246. The summed E-state index contributed by atoms with van der Waals surface area (Å²) in [4.78, 5) is 7.10. The number of oxime groups is 1. The van der Waals surface area contributed by atoms with Crippen LogP contribution in [0, 0.1) is 5.92 Å². The highest BCUT2D eigenvalue weighted by Gasteiger charge is 2.36. The molecule has 0 aromatic carbocycles. The molecule has 6 heteroatoms. The van der Waals surface area contributed by atoms with Crippen molar-refractivity contribution in [1.29, 1.82) is 0 Å². The molecule has 0 N–H and O–H groups in total. The van der Waals surface area contributed by atoms with Crippen LogP contribution in [0.5, 0.6) is 0 Å². The van der Waals surface area contributed by atoms with Gasteiger partial charge in [-0.05, 0) is 25.9 Å². The van der Waals surface area contributed by atoms with Crippen LogP contribution in [0.15, 0.2) is 5.16 Å². The summed E-state index contributed by atoms with van der Waals surface area (Å²) < 4.78 is 35.3. The van der Waals surface area contributed by atoms with Gasteiger partial charge in [0.15, 0.2) is 0 Å². The number of nitrogens with zero attached hydrogens (tertiary/aromatic N) is 2. The van der Waals surface area contributed by atoms with E-state index < -0.39 is 6.18 Å². The van der Waals surface area contributed by atoms with E-state index >= 15 is 0 Å². The molecule has 3 aliphatic heterocycles. The van der Waals surface area contributed by atoms with Crippen molar-refractivity contribution >= 4 is 6.21 Å². The molecule has 3 rings (SSSR count). The molecule has 86 valence electrons. The van der Waals surface area contributed by atoms with Gasteiger partial charge in [-0.3, -0.25) is 4.90 Å². The number of alkyl halides is 3. The molecule has 0 radical (unpaired) electrons. The summed E-state index contributed by atoms with van der Waals surface area (Å²) in [5.74, 6) is 0.375. The fraction of sp³-hybridized carbons (Fsp3) is 0.889. The Morgan fingerprint density at radius 3 is 2.40 bits per heavy atom. The lowest BCUT2D eigenvalue weighted by Crippen LogP contribution is -2.50. The van der Waals surface area contributed by atoms with Crippen LogP contribution in [0.25, 0.3) is 0 Å². The summed E-state index contributed by atoms with van der Waals surface area (Å²) >= 11 is 0. The van der Waals surface area contributed by atoms with E-state index in [1.54, 1.807) is 0 Å². The molecular weight excluding hydrogens is 209 g/mol. The Kier molecular flexibility index (Phi) is 2.86. The molecule has 0 aromatic heterocycles. The van der Waals surface area contributed by atoms with Crippen molar-refractivity contribution in [1.82, 2.24) is 4.90 Å². The first-order valence-corrected chi connectivity index (χ1v) is 5.04. The largest absolute Gasteiger partial charge is 0.429 e. The monoisotopic (exact) mass is 222 g/mol. The van der Waals surface area contributed by atoms with E-state index in [1.807, 2.05) is 0 Å². The molecule has 1 atom stereocenters. The molecule has 0 spiro atoms. The minimum atomic E-state index is -4.38. The summed E-state index contributed by atoms with van der Waals surface area (Å²) in [6.07, 6.45) is -2.62. The second-order valence-electron chi connectivity index (χ2n) is 4.06. The summed E-state index contributed by atoms with van der Waals surface area (Å²) in [6.45, 7) is 2.78. The number of piperidine rings is 3. The summed E-state index contributed by atoms with van der Waals surface area (Å²) in [7, 11) is 0. The molecule has 2 bridgehead atoms. The first-order chi connectivity index (χ1) is 7.04. The lowest BCUT2D eigenvalue weighted by Gasteiger charge is -2.42. The highest BCUT2D eigenvalue weighted by molar-refractivity contribution is 5.63. The quantitative estimate of drug-likeness (QED) is 0.524. The highest BCUT2D eigenvalue weighted by atomic mass is 19.4. The van der Waals surface area contributed by atoms with Crippen molar-refractivity contribution in [3.63, 3.8) is 0 Å². The number of hydrogen-bond acceptors (Lipinski definition) is 3. The number of hydrogen-bond donors (Lipinski definition) is 0. The van der Waals surface area contributed by atoms with Gasteiger partial charge in [-0.2, -0.15) is 13.2 Å². The van der Waals surface area contributed by atoms with E-state index in [0.717, 1.165) is 25.9 Å². The fourth-order valence-electron chi connectivity index (χ4n) is 2.20. The SMILES string of the molecule is FC(F)(F)/C=N/OC1CN2CCC1CC2. The second-order valence-corrected chi connectivity index (χ2v) is 4.06. The van der Waals surface area contributed by atoms with Crippen LogP contribution in [0.4, 0.5) is 13.2 Å². The van der Waals surface area contributed by atoms with Gasteiger partial charge in [-0.25, -0.2) is 0 Å². The molecule has 15 heavy (non-hydrogen) atoms. The minimum Gasteiger partial charge on any atom is -0.391 e. The van der Waals surface area contributed by atoms with E-state index in [9.17, 15) is 13.2 Å². The van der Waals surface area contributed by atoms with Crippen LogP contribution in [0.2, 0.25) is 0 Å². The Morgan fingerprint density at radius 2 is 1.93 bits per heavy atom. The summed E-state index contributed by atoms with van der Waals surface area (Å²) in [6, 6.07) is 0. The number of rotatable bonds is 2. The molecule has 0 amide bonds. The Balaban J connectivity index is 1.83. The van der Waals surface area contributed by atoms with Crippen LogP contribution in [0.3, 0.4) is 0 Å². The minimum absolute atomic E-state index is 0.0926. The molecule has 0 saturated carbocycles. The zero-order chi connectivity index (χ0) is 10.9. The van der Waals surface area contributed by atoms with Gasteiger partial charge < -0.3 is 4.84 Å². The maximum Gasteiger partial charge on any atom is 0.429 e. The second kappa shape index (κ2) is 4.00. The topological polar surface area (TPSA) is 24.8 Å². The van der Waals surface area contributed by atoms with Crippen LogP contribution in [0.1, 0.15) is 12.8 Å². The predicted octanol–water partition coefficient (Wildman–Crippen LogP) is 1.65. The molecule has 0 aromatic rings. The lowest BCUT2D eigenvalue weighted by molar-refractivity contribution is -0.0796. The molecule has 3 nitrogen and oxygen atoms in total. The van der Waals surface area contributed by atoms with Gasteiger partial charge in [-0.15, -0.1) is 0 Å². The molecule has 3 saturated heterocycles. The van der Waals surface area contributed by atoms with Gasteiger partial charge in [0, 0.05) is 12.5 Å². The van der Waals surface area contributed by atoms with Gasteiger partial charge in [0.25, 0.3) is 0 Å². The average Bonchev–Trinajstić information content (AvgIpc) is 2.17. The standard InChI is InChI=1S/C9H13F3N2O/c10-9(11,12)6-13-15-8-5-14-3-1-7(8)2-4-14/h6-8H,1-5H2/b13-6+. The molecule has 3 fully saturated rings.